The van der Waals surface area contributed by atoms with Gasteiger partial charge in [0.05, 0.1) is 16.3 Å². The molecule has 1 fully saturated rings. The number of pyridine rings is 1. The molecule has 2 aromatic rings. The Hall–Kier alpha value is -2.32. The lowest BCUT2D eigenvalue weighted by molar-refractivity contribution is -0.137. The minimum atomic E-state index is -4.48. The summed E-state index contributed by atoms with van der Waals surface area (Å²) in [6, 6.07) is 6.09. The van der Waals surface area contributed by atoms with Crippen LogP contribution in [0.15, 0.2) is 36.5 Å². The maximum absolute atomic E-state index is 12.9. The Kier molecular flexibility index (Phi) is 5.57. The van der Waals surface area contributed by atoms with E-state index in [9.17, 15) is 18.0 Å². The maximum Gasteiger partial charge on any atom is 0.416 e. The molecule has 1 aromatic carbocycles. The van der Waals surface area contributed by atoms with Crippen LogP contribution >= 0.6 is 11.6 Å². The van der Waals surface area contributed by atoms with Gasteiger partial charge < -0.3 is 15.1 Å². The van der Waals surface area contributed by atoms with Gasteiger partial charge >= 0.3 is 6.18 Å². The number of carbonyl (C=O) groups is 1. The third-order valence-corrected chi connectivity index (χ3v) is 4.68. The van der Waals surface area contributed by atoms with Gasteiger partial charge in [-0.2, -0.15) is 13.2 Å². The number of benzene rings is 1. The SMILES string of the molecule is CN1CCN(C(=O)c2ccnc(Nc3cc(C(F)(F)F)ccc3Cl)c2)CC1. The fourth-order valence-corrected chi connectivity index (χ4v) is 2.92. The van der Waals surface area contributed by atoms with Crippen LogP contribution in [0.4, 0.5) is 24.7 Å². The molecule has 5 nitrogen and oxygen atoms in total. The van der Waals surface area contributed by atoms with Crippen molar-refractivity contribution in [3.63, 3.8) is 0 Å². The predicted octanol–water partition coefficient (Wildman–Crippen LogP) is 3.89. The standard InChI is InChI=1S/C18H18ClF3N4O/c1-25-6-8-26(9-7-25)17(27)12-4-5-23-16(10-12)24-15-11-13(18(20,21)22)2-3-14(15)19/h2-5,10-11H,6-9H2,1H3,(H,23,24). The first-order chi connectivity index (χ1) is 12.7. The van der Waals surface area contributed by atoms with E-state index in [0.29, 0.717) is 18.7 Å². The molecule has 0 unspecified atom stereocenters. The Bertz CT molecular complexity index is 836. The molecule has 0 bridgehead atoms. The van der Waals surface area contributed by atoms with E-state index in [4.69, 9.17) is 11.6 Å². The zero-order valence-electron chi connectivity index (χ0n) is 14.6. The molecular weight excluding hydrogens is 381 g/mol. The number of halogens is 4. The smallest absolute Gasteiger partial charge is 0.339 e. The fourth-order valence-electron chi connectivity index (χ4n) is 2.76. The minimum absolute atomic E-state index is 0.0724. The number of nitrogens with one attached hydrogen (secondary N) is 1. The third-order valence-electron chi connectivity index (χ3n) is 4.35. The Balaban J connectivity index is 1.79. The molecule has 3 rings (SSSR count). The molecule has 0 atom stereocenters. The fraction of sp³-hybridized carbons (Fsp3) is 0.333. The number of aromatic nitrogens is 1. The average molecular weight is 399 g/mol. The van der Waals surface area contributed by atoms with Gasteiger partial charge in [0.1, 0.15) is 5.82 Å². The number of piperazine rings is 1. The number of carbonyl (C=O) groups excluding carboxylic acids is 1. The van der Waals surface area contributed by atoms with Crippen LogP contribution in [0.5, 0.6) is 0 Å². The summed E-state index contributed by atoms with van der Waals surface area (Å²) in [4.78, 5) is 20.6. The highest BCUT2D eigenvalue weighted by Gasteiger charge is 2.31. The Morgan fingerprint density at radius 3 is 2.52 bits per heavy atom. The van der Waals surface area contributed by atoms with Crippen molar-refractivity contribution in [2.75, 3.05) is 38.5 Å². The van der Waals surface area contributed by atoms with Gasteiger partial charge in [0.2, 0.25) is 0 Å². The number of hydrogen-bond donors (Lipinski definition) is 1. The topological polar surface area (TPSA) is 48.5 Å². The second-order valence-electron chi connectivity index (χ2n) is 6.34. The zero-order chi connectivity index (χ0) is 19.6. The van der Waals surface area contributed by atoms with Crippen molar-refractivity contribution in [2.45, 2.75) is 6.18 Å². The lowest BCUT2D eigenvalue weighted by Crippen LogP contribution is -2.47. The van der Waals surface area contributed by atoms with E-state index in [-0.39, 0.29) is 22.4 Å². The van der Waals surface area contributed by atoms with E-state index in [1.165, 1.54) is 18.3 Å². The Morgan fingerprint density at radius 2 is 1.85 bits per heavy atom. The number of rotatable bonds is 3. The number of amides is 1. The summed E-state index contributed by atoms with van der Waals surface area (Å²) >= 11 is 6.00. The molecule has 1 aromatic heterocycles. The molecule has 0 aliphatic carbocycles. The molecule has 1 saturated heterocycles. The minimum Gasteiger partial charge on any atom is -0.339 e. The highest BCUT2D eigenvalue weighted by atomic mass is 35.5. The van der Waals surface area contributed by atoms with Gasteiger partial charge in [-0.15, -0.1) is 0 Å². The number of hydrogen-bond acceptors (Lipinski definition) is 4. The normalized spacial score (nSPS) is 15.7. The molecule has 144 valence electrons. The van der Waals surface area contributed by atoms with Crippen LogP contribution in [0, 0.1) is 0 Å². The summed E-state index contributed by atoms with van der Waals surface area (Å²) in [6.07, 6.45) is -3.04. The average Bonchev–Trinajstić information content (AvgIpc) is 2.63. The summed E-state index contributed by atoms with van der Waals surface area (Å²) in [6.45, 7) is 2.84. The predicted molar refractivity (Wildman–Crippen MR) is 97.4 cm³/mol. The van der Waals surface area contributed by atoms with E-state index < -0.39 is 11.7 Å². The van der Waals surface area contributed by atoms with Gasteiger partial charge in [-0.1, -0.05) is 11.6 Å². The number of likely N-dealkylation sites (N-methyl/N-ethyl adjacent to an activating group) is 1. The molecule has 0 saturated carbocycles. The Labute approximate surface area is 159 Å². The molecule has 1 amide bonds. The molecule has 27 heavy (non-hydrogen) atoms. The van der Waals surface area contributed by atoms with Crippen LogP contribution in [0.1, 0.15) is 15.9 Å². The van der Waals surface area contributed by atoms with E-state index >= 15 is 0 Å². The van der Waals surface area contributed by atoms with Crippen molar-refractivity contribution in [1.29, 1.82) is 0 Å². The second kappa shape index (κ2) is 7.74. The number of anilines is 2. The maximum atomic E-state index is 12.9. The first-order valence-corrected chi connectivity index (χ1v) is 8.69. The summed E-state index contributed by atoms with van der Waals surface area (Å²) in [5.74, 6) is 0.111. The van der Waals surface area contributed by atoms with Gasteiger partial charge in [-0.05, 0) is 37.4 Å². The summed E-state index contributed by atoms with van der Waals surface area (Å²) in [5, 5.41) is 2.89. The van der Waals surface area contributed by atoms with Crippen molar-refractivity contribution >= 4 is 29.0 Å². The lowest BCUT2D eigenvalue weighted by atomic mass is 10.2. The highest BCUT2D eigenvalue weighted by Crippen LogP contribution is 2.34. The largest absolute Gasteiger partial charge is 0.416 e. The highest BCUT2D eigenvalue weighted by molar-refractivity contribution is 6.33. The molecule has 2 heterocycles. The van der Waals surface area contributed by atoms with Crippen molar-refractivity contribution in [2.24, 2.45) is 0 Å². The quantitative estimate of drug-likeness (QED) is 0.852. The van der Waals surface area contributed by atoms with E-state index in [1.54, 1.807) is 11.0 Å². The van der Waals surface area contributed by atoms with Crippen molar-refractivity contribution in [1.82, 2.24) is 14.8 Å². The molecule has 1 N–H and O–H groups in total. The van der Waals surface area contributed by atoms with Gasteiger partial charge in [-0.3, -0.25) is 4.79 Å². The lowest BCUT2D eigenvalue weighted by Gasteiger charge is -2.32. The molecule has 1 aliphatic heterocycles. The number of alkyl halides is 3. The molecule has 9 heteroatoms. The van der Waals surface area contributed by atoms with E-state index in [1.807, 2.05) is 7.05 Å². The van der Waals surface area contributed by atoms with Crippen molar-refractivity contribution < 1.29 is 18.0 Å². The first-order valence-electron chi connectivity index (χ1n) is 8.31. The van der Waals surface area contributed by atoms with Crippen molar-refractivity contribution in [3.05, 3.63) is 52.7 Å². The van der Waals surface area contributed by atoms with Crippen LogP contribution in [-0.2, 0) is 6.18 Å². The van der Waals surface area contributed by atoms with E-state index in [2.05, 4.69) is 15.2 Å². The molecule has 0 radical (unpaired) electrons. The van der Waals surface area contributed by atoms with Gasteiger partial charge in [0.15, 0.2) is 0 Å². The molecule has 1 aliphatic rings. The first kappa shape index (κ1) is 19.4. The third kappa shape index (κ3) is 4.70. The summed E-state index contributed by atoms with van der Waals surface area (Å²) in [7, 11) is 2.00. The van der Waals surface area contributed by atoms with Gasteiger partial charge in [-0.25, -0.2) is 4.98 Å². The number of nitrogens with zero attached hydrogens (tertiary/aromatic N) is 3. The van der Waals surface area contributed by atoms with Crippen LogP contribution in [0.2, 0.25) is 5.02 Å². The van der Waals surface area contributed by atoms with Gasteiger partial charge in [0.25, 0.3) is 5.91 Å². The van der Waals surface area contributed by atoms with Gasteiger partial charge in [0, 0.05) is 37.9 Å². The van der Waals surface area contributed by atoms with Crippen LogP contribution in [-0.4, -0.2) is 53.9 Å². The molecule has 0 spiro atoms. The second-order valence-corrected chi connectivity index (χ2v) is 6.75. The molecular formula is C18H18ClF3N4O. The van der Waals surface area contributed by atoms with Crippen LogP contribution in [0.3, 0.4) is 0 Å². The Morgan fingerprint density at radius 1 is 1.15 bits per heavy atom. The van der Waals surface area contributed by atoms with E-state index in [0.717, 1.165) is 25.2 Å². The monoisotopic (exact) mass is 398 g/mol. The zero-order valence-corrected chi connectivity index (χ0v) is 15.3. The summed E-state index contributed by atoms with van der Waals surface area (Å²) < 4.78 is 38.7. The van der Waals surface area contributed by atoms with Crippen LogP contribution < -0.4 is 5.32 Å². The summed E-state index contributed by atoms with van der Waals surface area (Å²) in [5.41, 5.74) is -0.331. The van der Waals surface area contributed by atoms with Crippen LogP contribution in [0.25, 0.3) is 0 Å². The van der Waals surface area contributed by atoms with Crippen molar-refractivity contribution in [3.8, 4) is 0 Å².